The molecule has 0 saturated carbocycles. The molecule has 0 spiro atoms. The Kier molecular flexibility index (Phi) is 3.90. The molecular formula is C18H14ClFO2. The fourth-order valence-electron chi connectivity index (χ4n) is 2.46. The number of hydrogen-bond donors (Lipinski definition) is 0. The zero-order chi connectivity index (χ0) is 15.7. The van der Waals surface area contributed by atoms with E-state index in [-0.39, 0.29) is 10.8 Å². The van der Waals surface area contributed by atoms with Gasteiger partial charge in [-0.15, -0.1) is 0 Å². The molecule has 4 heteroatoms. The summed E-state index contributed by atoms with van der Waals surface area (Å²) in [5.74, 6) is 0.400. The summed E-state index contributed by atoms with van der Waals surface area (Å²) in [6.45, 7) is 0. The highest BCUT2D eigenvalue weighted by atomic mass is 35.5. The van der Waals surface area contributed by atoms with Gasteiger partial charge in [-0.05, 0) is 46.7 Å². The molecule has 0 aliphatic carbocycles. The quantitative estimate of drug-likeness (QED) is 0.651. The summed E-state index contributed by atoms with van der Waals surface area (Å²) in [6, 6.07) is 14.8. The smallest absolute Gasteiger partial charge is 0.173 e. The van der Waals surface area contributed by atoms with Crippen molar-refractivity contribution in [3.8, 4) is 22.6 Å². The summed E-state index contributed by atoms with van der Waals surface area (Å²) >= 11 is 6.26. The highest BCUT2D eigenvalue weighted by Crippen LogP contribution is 2.38. The van der Waals surface area contributed by atoms with Gasteiger partial charge in [0, 0.05) is 5.56 Å². The first-order valence-electron chi connectivity index (χ1n) is 6.74. The minimum atomic E-state index is -0.471. The van der Waals surface area contributed by atoms with Gasteiger partial charge in [0.15, 0.2) is 11.6 Å². The molecule has 112 valence electrons. The lowest BCUT2D eigenvalue weighted by Gasteiger charge is -2.11. The SMILES string of the molecule is COc1ccc2cc(-c3ccc(F)c(OC)c3Cl)ccc2c1. The minimum Gasteiger partial charge on any atom is -0.497 e. The first-order valence-corrected chi connectivity index (χ1v) is 7.12. The maximum atomic E-state index is 13.7. The van der Waals surface area contributed by atoms with E-state index >= 15 is 0 Å². The maximum absolute atomic E-state index is 13.7. The molecule has 3 aromatic carbocycles. The van der Waals surface area contributed by atoms with Gasteiger partial charge in [-0.25, -0.2) is 4.39 Å². The van der Waals surface area contributed by atoms with Crippen molar-refractivity contribution < 1.29 is 13.9 Å². The van der Waals surface area contributed by atoms with Gasteiger partial charge in [-0.2, -0.15) is 0 Å². The Bertz CT molecular complexity index is 846. The molecular weight excluding hydrogens is 303 g/mol. The zero-order valence-electron chi connectivity index (χ0n) is 12.2. The Morgan fingerprint density at radius 1 is 0.864 bits per heavy atom. The molecule has 0 radical (unpaired) electrons. The van der Waals surface area contributed by atoms with E-state index in [0.29, 0.717) is 0 Å². The van der Waals surface area contributed by atoms with Crippen molar-refractivity contribution in [1.82, 2.24) is 0 Å². The summed E-state index contributed by atoms with van der Waals surface area (Å²) in [6.07, 6.45) is 0. The molecule has 0 unspecified atom stereocenters. The van der Waals surface area contributed by atoms with Crippen LogP contribution in [0.1, 0.15) is 0 Å². The predicted octanol–water partition coefficient (Wildman–Crippen LogP) is 5.32. The van der Waals surface area contributed by atoms with Crippen LogP contribution in [-0.4, -0.2) is 14.2 Å². The number of hydrogen-bond acceptors (Lipinski definition) is 2. The van der Waals surface area contributed by atoms with E-state index in [0.717, 1.165) is 27.6 Å². The topological polar surface area (TPSA) is 18.5 Å². The fourth-order valence-corrected chi connectivity index (χ4v) is 2.80. The second-order valence-corrected chi connectivity index (χ2v) is 5.25. The van der Waals surface area contributed by atoms with Crippen LogP contribution in [0.4, 0.5) is 4.39 Å². The van der Waals surface area contributed by atoms with E-state index in [1.54, 1.807) is 13.2 Å². The van der Waals surface area contributed by atoms with E-state index < -0.39 is 5.82 Å². The van der Waals surface area contributed by atoms with Crippen LogP contribution in [0, 0.1) is 5.82 Å². The highest BCUT2D eigenvalue weighted by Gasteiger charge is 2.14. The van der Waals surface area contributed by atoms with E-state index in [2.05, 4.69) is 0 Å². The predicted molar refractivity (Wildman–Crippen MR) is 87.5 cm³/mol. The van der Waals surface area contributed by atoms with Gasteiger partial charge in [0.25, 0.3) is 0 Å². The molecule has 0 atom stereocenters. The molecule has 0 bridgehead atoms. The van der Waals surface area contributed by atoms with Crippen LogP contribution >= 0.6 is 11.6 Å². The van der Waals surface area contributed by atoms with Gasteiger partial charge in [0.2, 0.25) is 0 Å². The Morgan fingerprint density at radius 2 is 1.59 bits per heavy atom. The van der Waals surface area contributed by atoms with E-state index in [4.69, 9.17) is 21.1 Å². The third kappa shape index (κ3) is 2.48. The van der Waals surface area contributed by atoms with Gasteiger partial charge in [0.05, 0.1) is 19.2 Å². The lowest BCUT2D eigenvalue weighted by Crippen LogP contribution is -1.91. The average Bonchev–Trinajstić information content (AvgIpc) is 2.54. The molecule has 0 heterocycles. The molecule has 2 nitrogen and oxygen atoms in total. The monoisotopic (exact) mass is 316 g/mol. The summed E-state index contributed by atoms with van der Waals surface area (Å²) in [5, 5.41) is 2.39. The molecule has 0 aliphatic rings. The maximum Gasteiger partial charge on any atom is 0.173 e. The van der Waals surface area contributed by atoms with Gasteiger partial charge in [-0.3, -0.25) is 0 Å². The Balaban J connectivity index is 2.15. The Hall–Kier alpha value is -2.26. The highest BCUT2D eigenvalue weighted by molar-refractivity contribution is 6.34. The van der Waals surface area contributed by atoms with Gasteiger partial charge in [-0.1, -0.05) is 29.8 Å². The fraction of sp³-hybridized carbons (Fsp3) is 0.111. The molecule has 0 saturated heterocycles. The third-order valence-corrected chi connectivity index (χ3v) is 3.99. The van der Waals surface area contributed by atoms with Crippen LogP contribution in [0.3, 0.4) is 0 Å². The standard InChI is InChI=1S/C18H14ClFO2/c1-21-14-6-5-11-9-13(4-3-12(11)10-14)15-7-8-16(20)18(22-2)17(15)19/h3-10H,1-2H3. The molecule has 3 rings (SSSR count). The number of halogens is 2. The molecule has 0 fully saturated rings. The molecule has 0 aliphatic heterocycles. The van der Waals surface area contributed by atoms with Gasteiger partial charge < -0.3 is 9.47 Å². The minimum absolute atomic E-state index is 0.0639. The molecule has 0 aromatic heterocycles. The van der Waals surface area contributed by atoms with Crippen LogP contribution in [0.25, 0.3) is 21.9 Å². The van der Waals surface area contributed by atoms with Crippen LogP contribution in [0.2, 0.25) is 5.02 Å². The van der Waals surface area contributed by atoms with Crippen LogP contribution in [0.15, 0.2) is 48.5 Å². The van der Waals surface area contributed by atoms with E-state index in [1.165, 1.54) is 13.2 Å². The Labute approximate surface area is 133 Å². The number of methoxy groups -OCH3 is 2. The zero-order valence-corrected chi connectivity index (χ0v) is 12.9. The normalized spacial score (nSPS) is 10.7. The van der Waals surface area contributed by atoms with Crippen molar-refractivity contribution in [3.63, 3.8) is 0 Å². The summed E-state index contributed by atoms with van der Waals surface area (Å²) in [5.41, 5.74) is 1.64. The largest absolute Gasteiger partial charge is 0.497 e. The van der Waals surface area contributed by atoms with E-state index in [1.807, 2.05) is 36.4 Å². The molecule has 22 heavy (non-hydrogen) atoms. The van der Waals surface area contributed by atoms with E-state index in [9.17, 15) is 4.39 Å². The molecule has 0 amide bonds. The van der Waals surface area contributed by atoms with Crippen molar-refractivity contribution in [2.75, 3.05) is 14.2 Å². The summed E-state index contributed by atoms with van der Waals surface area (Å²) in [7, 11) is 3.04. The average molecular weight is 317 g/mol. The summed E-state index contributed by atoms with van der Waals surface area (Å²) < 4.78 is 23.9. The van der Waals surface area contributed by atoms with Crippen LogP contribution < -0.4 is 9.47 Å². The van der Waals surface area contributed by atoms with Crippen molar-refractivity contribution in [3.05, 3.63) is 59.4 Å². The number of rotatable bonds is 3. The summed E-state index contributed by atoms with van der Waals surface area (Å²) in [4.78, 5) is 0. The van der Waals surface area contributed by atoms with Crippen molar-refractivity contribution in [2.45, 2.75) is 0 Å². The van der Waals surface area contributed by atoms with Crippen molar-refractivity contribution >= 4 is 22.4 Å². The van der Waals surface area contributed by atoms with Crippen molar-refractivity contribution in [1.29, 1.82) is 0 Å². The van der Waals surface area contributed by atoms with Gasteiger partial charge >= 0.3 is 0 Å². The second-order valence-electron chi connectivity index (χ2n) is 4.87. The molecule has 3 aromatic rings. The number of fused-ring (bicyclic) bond motifs is 1. The lowest BCUT2D eigenvalue weighted by molar-refractivity contribution is 0.387. The number of ether oxygens (including phenoxy) is 2. The first-order chi connectivity index (χ1) is 10.6. The van der Waals surface area contributed by atoms with Crippen molar-refractivity contribution in [2.24, 2.45) is 0 Å². The second kappa shape index (κ2) is 5.85. The first kappa shape index (κ1) is 14.7. The number of benzene rings is 3. The van der Waals surface area contributed by atoms with Gasteiger partial charge in [0.1, 0.15) is 5.75 Å². The third-order valence-electron chi connectivity index (χ3n) is 3.61. The van der Waals surface area contributed by atoms with Crippen LogP contribution in [-0.2, 0) is 0 Å². The van der Waals surface area contributed by atoms with Crippen LogP contribution in [0.5, 0.6) is 11.5 Å². The Morgan fingerprint density at radius 3 is 2.32 bits per heavy atom. The lowest BCUT2D eigenvalue weighted by atomic mass is 10.0. The molecule has 0 N–H and O–H groups in total.